The predicted octanol–water partition coefficient (Wildman–Crippen LogP) is -0.145. The van der Waals surface area contributed by atoms with Crippen LogP contribution in [0.4, 0.5) is 0 Å². The fourth-order valence-corrected chi connectivity index (χ4v) is 1.24. The summed E-state index contributed by atoms with van der Waals surface area (Å²) < 4.78 is 6.33. The lowest BCUT2D eigenvalue weighted by atomic mass is 10.4. The molecular weight excluding hydrogens is 210 g/mol. The lowest BCUT2D eigenvalue weighted by molar-refractivity contribution is -0.124. The molecule has 0 aliphatic heterocycles. The van der Waals surface area contributed by atoms with Crippen molar-refractivity contribution in [1.29, 1.82) is 0 Å². The molecule has 6 heteroatoms. The zero-order valence-corrected chi connectivity index (χ0v) is 8.97. The lowest BCUT2D eigenvalue weighted by Gasteiger charge is -2.03. The van der Waals surface area contributed by atoms with E-state index in [0.717, 1.165) is 12.8 Å². The van der Waals surface area contributed by atoms with Crippen molar-refractivity contribution in [3.63, 3.8) is 0 Å². The molecule has 2 rings (SSSR count). The number of nitrogens with zero attached hydrogens (tertiary/aromatic N) is 2. The molecule has 0 atom stereocenters. The maximum atomic E-state index is 11.4. The summed E-state index contributed by atoms with van der Waals surface area (Å²) in [5, 5.41) is 6.57. The first-order chi connectivity index (χ1) is 7.65. The second-order valence-electron chi connectivity index (χ2n) is 3.82. The fraction of sp³-hybridized carbons (Fsp3) is 0.500. The average molecular weight is 223 g/mol. The van der Waals surface area contributed by atoms with E-state index in [-0.39, 0.29) is 18.6 Å². The summed E-state index contributed by atoms with van der Waals surface area (Å²) in [4.78, 5) is 22.6. The van der Waals surface area contributed by atoms with Gasteiger partial charge in [-0.3, -0.25) is 9.48 Å². The molecule has 86 valence electrons. The number of hydrogen-bond donors (Lipinski definition) is 1. The highest BCUT2D eigenvalue weighted by Crippen LogP contribution is 2.18. The van der Waals surface area contributed by atoms with Gasteiger partial charge in [0, 0.05) is 19.3 Å². The standard InChI is InChI=1S/C10H13N3O3/c1-13-5-7(4-11-13)10(15)16-6-9(14)12-8-2-3-8/h4-5,8H,2-3,6H2,1H3,(H,12,14). The van der Waals surface area contributed by atoms with Gasteiger partial charge < -0.3 is 10.1 Å². The number of aryl methyl sites for hydroxylation is 1. The van der Waals surface area contributed by atoms with Gasteiger partial charge in [0.25, 0.3) is 5.91 Å². The molecule has 1 aromatic heterocycles. The van der Waals surface area contributed by atoms with Gasteiger partial charge in [0.05, 0.1) is 11.8 Å². The van der Waals surface area contributed by atoms with E-state index in [1.807, 2.05) is 0 Å². The Kier molecular flexibility index (Phi) is 2.89. The number of ether oxygens (including phenoxy) is 1. The Labute approximate surface area is 92.6 Å². The molecule has 1 aliphatic rings. The van der Waals surface area contributed by atoms with E-state index in [9.17, 15) is 9.59 Å². The zero-order valence-electron chi connectivity index (χ0n) is 8.97. The zero-order chi connectivity index (χ0) is 11.5. The third-order valence-corrected chi connectivity index (χ3v) is 2.22. The third-order valence-electron chi connectivity index (χ3n) is 2.22. The van der Waals surface area contributed by atoms with Crippen molar-refractivity contribution in [3.8, 4) is 0 Å². The Bertz CT molecular complexity index is 409. The van der Waals surface area contributed by atoms with E-state index in [1.54, 1.807) is 13.2 Å². The minimum Gasteiger partial charge on any atom is -0.452 e. The Balaban J connectivity index is 1.76. The molecule has 0 unspecified atom stereocenters. The fourth-order valence-electron chi connectivity index (χ4n) is 1.24. The number of amides is 1. The highest BCUT2D eigenvalue weighted by atomic mass is 16.5. The molecule has 0 aromatic carbocycles. The van der Waals surface area contributed by atoms with E-state index in [1.165, 1.54) is 10.9 Å². The van der Waals surface area contributed by atoms with Crippen molar-refractivity contribution in [2.75, 3.05) is 6.61 Å². The summed E-state index contributed by atoms with van der Waals surface area (Å²) in [6.45, 7) is -0.232. The first-order valence-electron chi connectivity index (χ1n) is 5.10. The Morgan fingerprint density at radius 2 is 2.38 bits per heavy atom. The molecule has 1 N–H and O–H groups in total. The number of hydrogen-bond acceptors (Lipinski definition) is 4. The summed E-state index contributed by atoms with van der Waals surface area (Å²) in [6, 6.07) is 0.282. The molecule has 1 fully saturated rings. The van der Waals surface area contributed by atoms with E-state index in [4.69, 9.17) is 4.74 Å². The Morgan fingerprint density at radius 1 is 1.62 bits per heavy atom. The van der Waals surface area contributed by atoms with Gasteiger partial charge in [-0.2, -0.15) is 5.10 Å². The van der Waals surface area contributed by atoms with E-state index in [2.05, 4.69) is 10.4 Å². The average Bonchev–Trinajstić information content (AvgIpc) is 2.95. The minimum absolute atomic E-state index is 0.232. The van der Waals surface area contributed by atoms with Crippen LogP contribution in [0.1, 0.15) is 23.2 Å². The van der Waals surface area contributed by atoms with Gasteiger partial charge in [-0.05, 0) is 12.8 Å². The highest BCUT2D eigenvalue weighted by Gasteiger charge is 2.23. The molecule has 16 heavy (non-hydrogen) atoms. The van der Waals surface area contributed by atoms with Crippen LogP contribution >= 0.6 is 0 Å². The second kappa shape index (κ2) is 4.34. The van der Waals surface area contributed by atoms with Gasteiger partial charge in [-0.1, -0.05) is 0 Å². The van der Waals surface area contributed by atoms with Crippen molar-refractivity contribution < 1.29 is 14.3 Å². The predicted molar refractivity (Wildman–Crippen MR) is 54.7 cm³/mol. The van der Waals surface area contributed by atoms with Crippen LogP contribution in [-0.4, -0.2) is 34.3 Å². The molecule has 0 radical (unpaired) electrons. The molecule has 1 amide bonds. The smallest absolute Gasteiger partial charge is 0.341 e. The molecule has 1 heterocycles. The maximum absolute atomic E-state index is 11.4. The first-order valence-corrected chi connectivity index (χ1v) is 5.10. The Morgan fingerprint density at radius 3 is 2.94 bits per heavy atom. The van der Waals surface area contributed by atoms with Crippen LogP contribution in [0.2, 0.25) is 0 Å². The van der Waals surface area contributed by atoms with Crippen LogP contribution in [0.25, 0.3) is 0 Å². The largest absolute Gasteiger partial charge is 0.452 e. The maximum Gasteiger partial charge on any atom is 0.341 e. The summed E-state index contributed by atoms with van der Waals surface area (Å²) in [5.41, 5.74) is 0.349. The molecule has 1 saturated carbocycles. The first kappa shape index (κ1) is 10.7. The van der Waals surface area contributed by atoms with Crippen molar-refractivity contribution >= 4 is 11.9 Å². The van der Waals surface area contributed by atoms with Crippen LogP contribution in [0.3, 0.4) is 0 Å². The number of carbonyl (C=O) groups excluding carboxylic acids is 2. The van der Waals surface area contributed by atoms with Crippen molar-refractivity contribution in [3.05, 3.63) is 18.0 Å². The van der Waals surface area contributed by atoms with Gasteiger partial charge in [0.1, 0.15) is 0 Å². The van der Waals surface area contributed by atoms with E-state index in [0.29, 0.717) is 5.56 Å². The molecule has 0 spiro atoms. The van der Waals surface area contributed by atoms with Crippen LogP contribution < -0.4 is 5.32 Å². The lowest BCUT2D eigenvalue weighted by Crippen LogP contribution is -2.30. The van der Waals surface area contributed by atoms with Crippen molar-refractivity contribution in [2.24, 2.45) is 7.05 Å². The summed E-state index contributed by atoms with van der Waals surface area (Å²) in [7, 11) is 1.70. The topological polar surface area (TPSA) is 73.2 Å². The van der Waals surface area contributed by atoms with Gasteiger partial charge >= 0.3 is 5.97 Å². The Hall–Kier alpha value is -1.85. The summed E-state index contributed by atoms with van der Waals surface area (Å²) in [6.07, 6.45) is 4.98. The number of nitrogens with one attached hydrogen (secondary N) is 1. The molecule has 0 saturated heterocycles. The highest BCUT2D eigenvalue weighted by molar-refractivity contribution is 5.90. The molecule has 0 bridgehead atoms. The number of carbonyl (C=O) groups is 2. The van der Waals surface area contributed by atoms with E-state index >= 15 is 0 Å². The molecule has 6 nitrogen and oxygen atoms in total. The molecular formula is C10H13N3O3. The van der Waals surface area contributed by atoms with Crippen LogP contribution in [0.5, 0.6) is 0 Å². The number of rotatable bonds is 4. The minimum atomic E-state index is -0.529. The van der Waals surface area contributed by atoms with E-state index < -0.39 is 5.97 Å². The van der Waals surface area contributed by atoms with Crippen LogP contribution in [0, 0.1) is 0 Å². The van der Waals surface area contributed by atoms with Crippen molar-refractivity contribution in [1.82, 2.24) is 15.1 Å². The van der Waals surface area contributed by atoms with Gasteiger partial charge in [0.15, 0.2) is 6.61 Å². The SMILES string of the molecule is Cn1cc(C(=O)OCC(=O)NC2CC2)cn1. The number of esters is 1. The monoisotopic (exact) mass is 223 g/mol. The van der Waals surface area contributed by atoms with Gasteiger partial charge in [-0.15, -0.1) is 0 Å². The third kappa shape index (κ3) is 2.82. The summed E-state index contributed by atoms with van der Waals surface area (Å²) >= 11 is 0. The normalized spacial score (nSPS) is 14.6. The summed E-state index contributed by atoms with van der Waals surface area (Å²) in [5.74, 6) is -0.779. The van der Waals surface area contributed by atoms with Crippen molar-refractivity contribution in [2.45, 2.75) is 18.9 Å². The molecule has 1 aliphatic carbocycles. The quantitative estimate of drug-likeness (QED) is 0.721. The van der Waals surface area contributed by atoms with Crippen LogP contribution in [-0.2, 0) is 16.6 Å². The van der Waals surface area contributed by atoms with Gasteiger partial charge in [-0.25, -0.2) is 4.79 Å². The van der Waals surface area contributed by atoms with Gasteiger partial charge in [0.2, 0.25) is 0 Å². The number of aromatic nitrogens is 2. The van der Waals surface area contributed by atoms with Crippen LogP contribution in [0.15, 0.2) is 12.4 Å². The second-order valence-corrected chi connectivity index (χ2v) is 3.82. The molecule has 1 aromatic rings.